The highest BCUT2D eigenvalue weighted by Gasteiger charge is 2.60. The molecule has 0 amide bonds. The molecule has 4 rings (SSSR count). The van der Waals surface area contributed by atoms with Gasteiger partial charge in [-0.15, -0.1) is 0 Å². The van der Waals surface area contributed by atoms with Gasteiger partial charge in [-0.3, -0.25) is 9.78 Å². The average Bonchev–Trinajstić information content (AvgIpc) is 3.46. The summed E-state index contributed by atoms with van der Waals surface area (Å²) in [5.41, 5.74) is 2.82. The normalized spacial score (nSPS) is 19.9. The van der Waals surface area contributed by atoms with Crippen LogP contribution in [-0.2, 0) is 22.6 Å². The van der Waals surface area contributed by atoms with Crippen molar-refractivity contribution < 1.29 is 14.3 Å². The molecule has 0 N–H and O–H groups in total. The molecule has 0 aliphatic heterocycles. The molecule has 1 aliphatic rings. The first-order chi connectivity index (χ1) is 15.2. The summed E-state index contributed by atoms with van der Waals surface area (Å²) in [6, 6.07) is 20.2. The number of pyridine rings is 1. The number of rotatable bonds is 6. The Morgan fingerprint density at radius 2 is 1.91 bits per heavy atom. The molecule has 2 aromatic carbocycles. The third kappa shape index (κ3) is 4.75. The van der Waals surface area contributed by atoms with E-state index >= 15 is 0 Å². The van der Waals surface area contributed by atoms with Gasteiger partial charge in [-0.05, 0) is 70.4 Å². The molecule has 1 aliphatic carbocycles. The van der Waals surface area contributed by atoms with E-state index in [0.717, 1.165) is 33.5 Å². The highest BCUT2D eigenvalue weighted by molar-refractivity contribution is 5.82. The molecule has 1 fully saturated rings. The molecule has 0 spiro atoms. The Morgan fingerprint density at radius 3 is 2.59 bits per heavy atom. The van der Waals surface area contributed by atoms with Crippen molar-refractivity contribution in [1.29, 1.82) is 5.26 Å². The maximum Gasteiger partial charge on any atom is 0.311 e. The minimum atomic E-state index is -0.668. The lowest BCUT2D eigenvalue weighted by atomic mass is 9.95. The van der Waals surface area contributed by atoms with E-state index in [4.69, 9.17) is 9.47 Å². The lowest BCUT2D eigenvalue weighted by Gasteiger charge is -2.20. The second-order valence-electron chi connectivity index (χ2n) is 9.61. The molecule has 2 unspecified atom stereocenters. The summed E-state index contributed by atoms with van der Waals surface area (Å²) in [5, 5.41) is 10.8. The number of aryl methyl sites for hydroxylation is 1. The zero-order chi connectivity index (χ0) is 22.9. The van der Waals surface area contributed by atoms with Gasteiger partial charge in [0.25, 0.3) is 0 Å². The molecule has 1 aromatic heterocycles. The van der Waals surface area contributed by atoms with Crippen molar-refractivity contribution in [2.24, 2.45) is 11.3 Å². The number of hydrogen-bond acceptors (Lipinski definition) is 5. The van der Waals surface area contributed by atoms with E-state index in [1.165, 1.54) is 0 Å². The Labute approximate surface area is 189 Å². The molecule has 32 heavy (non-hydrogen) atoms. The minimum absolute atomic E-state index is 0.279. The number of nitriles is 1. The summed E-state index contributed by atoms with van der Waals surface area (Å²) in [7, 11) is 0. The zero-order valence-corrected chi connectivity index (χ0v) is 19.0. The first-order valence-electron chi connectivity index (χ1n) is 10.9. The Kier molecular flexibility index (Phi) is 5.64. The van der Waals surface area contributed by atoms with Crippen LogP contribution < -0.4 is 4.74 Å². The predicted octanol–water partition coefficient (Wildman–Crippen LogP) is 5.54. The smallest absolute Gasteiger partial charge is 0.311 e. The zero-order valence-electron chi connectivity index (χ0n) is 19.0. The number of para-hydroxylation sites is 1. The first-order valence-corrected chi connectivity index (χ1v) is 10.9. The molecule has 164 valence electrons. The molecule has 0 saturated heterocycles. The number of benzene rings is 2. The summed E-state index contributed by atoms with van der Waals surface area (Å²) in [5.74, 6) is 0.127. The number of carbonyl (C=O) groups excluding carboxylic acids is 1. The Morgan fingerprint density at radius 1 is 1.19 bits per heavy atom. The van der Waals surface area contributed by atoms with Crippen LogP contribution in [0.15, 0.2) is 54.6 Å². The number of hydrogen-bond donors (Lipinski definition) is 0. The van der Waals surface area contributed by atoms with Gasteiger partial charge in [0.2, 0.25) is 0 Å². The second-order valence-corrected chi connectivity index (χ2v) is 9.61. The number of carbonyl (C=O) groups is 1. The van der Waals surface area contributed by atoms with Crippen molar-refractivity contribution in [3.8, 4) is 11.8 Å². The monoisotopic (exact) mass is 428 g/mol. The fourth-order valence-corrected chi connectivity index (χ4v) is 4.09. The molecular weight excluding hydrogens is 400 g/mol. The van der Waals surface area contributed by atoms with Crippen molar-refractivity contribution in [1.82, 2.24) is 4.98 Å². The molecular formula is C27H28N2O3. The van der Waals surface area contributed by atoms with Crippen LogP contribution in [0.4, 0.5) is 0 Å². The van der Waals surface area contributed by atoms with Gasteiger partial charge in [0, 0.05) is 16.6 Å². The standard InChI is InChI=1S/C27H28N2O3/c1-18-13-20(22-7-5-6-8-24(22)29-18)16-31-21-11-9-19(10-12-21)14-27(17-28)15-23(27)25(30)32-26(2,3)4/h5-13,23H,14-16H2,1-4H3. The number of aromatic nitrogens is 1. The van der Waals surface area contributed by atoms with Crippen LogP contribution >= 0.6 is 0 Å². The summed E-state index contributed by atoms with van der Waals surface area (Å²) in [6.07, 6.45) is 1.08. The van der Waals surface area contributed by atoms with Gasteiger partial charge in [0.15, 0.2) is 0 Å². The highest BCUT2D eigenvalue weighted by atomic mass is 16.6. The van der Waals surface area contributed by atoms with Gasteiger partial charge in [0.05, 0.1) is 22.9 Å². The van der Waals surface area contributed by atoms with Crippen LogP contribution in [0.3, 0.4) is 0 Å². The van der Waals surface area contributed by atoms with Crippen LogP contribution in [-0.4, -0.2) is 16.6 Å². The SMILES string of the molecule is Cc1cc(COc2ccc(CC3(C#N)CC3C(=O)OC(C)(C)C)cc2)c2ccccc2n1. The van der Waals surface area contributed by atoms with Crippen molar-refractivity contribution >= 4 is 16.9 Å². The average molecular weight is 429 g/mol. The largest absolute Gasteiger partial charge is 0.489 e. The number of esters is 1. The highest BCUT2D eigenvalue weighted by Crippen LogP contribution is 2.55. The van der Waals surface area contributed by atoms with E-state index in [1.807, 2.05) is 70.2 Å². The lowest BCUT2D eigenvalue weighted by Crippen LogP contribution is -2.26. The Balaban J connectivity index is 1.40. The molecule has 1 heterocycles. The van der Waals surface area contributed by atoms with E-state index in [1.54, 1.807) is 0 Å². The topological polar surface area (TPSA) is 72.2 Å². The predicted molar refractivity (Wildman–Crippen MR) is 123 cm³/mol. The van der Waals surface area contributed by atoms with E-state index in [0.29, 0.717) is 19.4 Å². The van der Waals surface area contributed by atoms with Crippen molar-refractivity contribution in [2.75, 3.05) is 0 Å². The lowest BCUT2D eigenvalue weighted by molar-refractivity contribution is -0.157. The number of nitrogens with zero attached hydrogens (tertiary/aromatic N) is 2. The van der Waals surface area contributed by atoms with Gasteiger partial charge in [-0.25, -0.2) is 0 Å². The Hall–Kier alpha value is -3.39. The quantitative estimate of drug-likeness (QED) is 0.482. The fraction of sp³-hybridized carbons (Fsp3) is 0.370. The van der Waals surface area contributed by atoms with Crippen LogP contribution in [0.2, 0.25) is 0 Å². The van der Waals surface area contributed by atoms with Gasteiger partial charge in [-0.2, -0.15) is 5.26 Å². The van der Waals surface area contributed by atoms with Gasteiger partial charge >= 0.3 is 5.97 Å². The van der Waals surface area contributed by atoms with Crippen molar-refractivity contribution in [2.45, 2.75) is 52.7 Å². The van der Waals surface area contributed by atoms with Gasteiger partial charge in [-0.1, -0.05) is 30.3 Å². The molecule has 0 bridgehead atoms. The summed E-state index contributed by atoms with van der Waals surface area (Å²) >= 11 is 0. The maximum atomic E-state index is 12.4. The minimum Gasteiger partial charge on any atom is -0.489 e. The molecule has 2 atom stereocenters. The van der Waals surface area contributed by atoms with Crippen molar-refractivity contribution in [3.05, 3.63) is 71.4 Å². The third-order valence-corrected chi connectivity index (χ3v) is 5.76. The van der Waals surface area contributed by atoms with Gasteiger partial charge in [0.1, 0.15) is 18.0 Å². The van der Waals surface area contributed by atoms with E-state index in [-0.39, 0.29) is 11.9 Å². The molecule has 1 saturated carbocycles. The second kappa shape index (κ2) is 8.27. The number of ether oxygens (including phenoxy) is 2. The van der Waals surface area contributed by atoms with E-state index in [2.05, 4.69) is 23.2 Å². The summed E-state index contributed by atoms with van der Waals surface area (Å²) in [6.45, 7) is 7.96. The van der Waals surface area contributed by atoms with Crippen LogP contribution in [0, 0.1) is 29.6 Å². The summed E-state index contributed by atoms with van der Waals surface area (Å²) in [4.78, 5) is 17.0. The van der Waals surface area contributed by atoms with E-state index in [9.17, 15) is 10.1 Å². The van der Waals surface area contributed by atoms with Crippen LogP contribution in [0.1, 0.15) is 44.0 Å². The van der Waals surface area contributed by atoms with Crippen LogP contribution in [0.25, 0.3) is 10.9 Å². The Bertz CT molecular complexity index is 1190. The molecule has 0 radical (unpaired) electrons. The molecule has 3 aromatic rings. The van der Waals surface area contributed by atoms with E-state index < -0.39 is 11.0 Å². The third-order valence-electron chi connectivity index (χ3n) is 5.76. The first kappa shape index (κ1) is 21.8. The molecule has 5 nitrogen and oxygen atoms in total. The fourth-order valence-electron chi connectivity index (χ4n) is 4.09. The molecule has 5 heteroatoms. The van der Waals surface area contributed by atoms with Gasteiger partial charge < -0.3 is 9.47 Å². The number of fused-ring (bicyclic) bond motifs is 1. The van der Waals surface area contributed by atoms with Crippen LogP contribution in [0.5, 0.6) is 5.75 Å². The maximum absolute atomic E-state index is 12.4. The van der Waals surface area contributed by atoms with Crippen molar-refractivity contribution in [3.63, 3.8) is 0 Å². The summed E-state index contributed by atoms with van der Waals surface area (Å²) < 4.78 is 11.5.